The highest BCUT2D eigenvalue weighted by Crippen LogP contribution is 2.29. The molecular weight excluding hydrogens is 264 g/mol. The van der Waals surface area contributed by atoms with E-state index in [2.05, 4.69) is 24.5 Å². The van der Waals surface area contributed by atoms with Gasteiger partial charge in [0, 0.05) is 13.2 Å². The molecule has 0 aromatic heterocycles. The zero-order chi connectivity index (χ0) is 15.7. The number of nitrogens with one attached hydrogen (secondary N) is 2. The van der Waals surface area contributed by atoms with Crippen LogP contribution in [0.1, 0.15) is 51.6 Å². The first-order valence-electron chi connectivity index (χ1n) is 7.77. The van der Waals surface area contributed by atoms with Crippen LogP contribution in [0.4, 0.5) is 4.79 Å². The van der Waals surface area contributed by atoms with Crippen LogP contribution in [-0.4, -0.2) is 24.3 Å². The number of hydrogen-bond donors (Lipinski definition) is 3. The second-order valence-corrected chi connectivity index (χ2v) is 5.64. The van der Waals surface area contributed by atoms with Crippen molar-refractivity contribution < 1.29 is 9.90 Å². The predicted octanol–water partition coefficient (Wildman–Crippen LogP) is 3.24. The van der Waals surface area contributed by atoms with Crippen LogP contribution >= 0.6 is 0 Å². The molecule has 0 spiro atoms. The average molecular weight is 292 g/mol. The quantitative estimate of drug-likeness (QED) is 0.689. The summed E-state index contributed by atoms with van der Waals surface area (Å²) in [6.07, 6.45) is 2.60. The fourth-order valence-electron chi connectivity index (χ4n) is 2.52. The van der Waals surface area contributed by atoms with E-state index in [1.807, 2.05) is 37.3 Å². The number of benzene rings is 1. The van der Waals surface area contributed by atoms with Gasteiger partial charge in [-0.3, -0.25) is 0 Å². The van der Waals surface area contributed by atoms with Crippen molar-refractivity contribution in [3.63, 3.8) is 0 Å². The fourth-order valence-corrected chi connectivity index (χ4v) is 2.52. The Morgan fingerprint density at radius 3 is 2.38 bits per heavy atom. The van der Waals surface area contributed by atoms with E-state index in [9.17, 15) is 9.90 Å². The molecule has 1 aromatic carbocycles. The van der Waals surface area contributed by atoms with Crippen molar-refractivity contribution in [1.29, 1.82) is 0 Å². The average Bonchev–Trinajstić information content (AvgIpc) is 2.52. The van der Waals surface area contributed by atoms with Gasteiger partial charge in [0.1, 0.15) is 0 Å². The van der Waals surface area contributed by atoms with Crippen molar-refractivity contribution >= 4 is 6.03 Å². The van der Waals surface area contributed by atoms with Gasteiger partial charge in [0.25, 0.3) is 0 Å². The van der Waals surface area contributed by atoms with E-state index in [4.69, 9.17) is 0 Å². The van der Waals surface area contributed by atoms with Gasteiger partial charge in [-0.15, -0.1) is 0 Å². The molecular formula is C17H28N2O2. The van der Waals surface area contributed by atoms with Gasteiger partial charge in [-0.05, 0) is 37.2 Å². The Hall–Kier alpha value is -1.55. The number of hydrogen-bond acceptors (Lipinski definition) is 2. The molecule has 1 rings (SSSR count). The summed E-state index contributed by atoms with van der Waals surface area (Å²) in [5, 5.41) is 15.1. The summed E-state index contributed by atoms with van der Waals surface area (Å²) in [6, 6.07) is 9.70. The van der Waals surface area contributed by atoms with E-state index in [0.29, 0.717) is 13.0 Å². The van der Waals surface area contributed by atoms with Gasteiger partial charge in [-0.1, -0.05) is 44.2 Å². The minimum atomic E-state index is -0.157. The molecule has 0 bridgehead atoms. The molecule has 0 aliphatic carbocycles. The third-order valence-electron chi connectivity index (χ3n) is 4.41. The zero-order valence-electron chi connectivity index (χ0n) is 13.4. The van der Waals surface area contributed by atoms with Crippen LogP contribution in [0.3, 0.4) is 0 Å². The van der Waals surface area contributed by atoms with Crippen molar-refractivity contribution in [2.45, 2.75) is 46.1 Å². The normalized spacial score (nSPS) is 12.8. The van der Waals surface area contributed by atoms with Crippen LogP contribution in [0.25, 0.3) is 0 Å². The lowest BCUT2D eigenvalue weighted by atomic mass is 9.79. The lowest BCUT2D eigenvalue weighted by Crippen LogP contribution is -2.43. The highest BCUT2D eigenvalue weighted by molar-refractivity contribution is 5.74. The Balaban J connectivity index is 2.50. The van der Waals surface area contributed by atoms with Gasteiger partial charge < -0.3 is 15.7 Å². The lowest BCUT2D eigenvalue weighted by molar-refractivity contribution is 0.163. The summed E-state index contributed by atoms with van der Waals surface area (Å²) in [4.78, 5) is 12.0. The maximum atomic E-state index is 12.0. The van der Waals surface area contributed by atoms with Crippen LogP contribution < -0.4 is 10.6 Å². The summed E-state index contributed by atoms with van der Waals surface area (Å²) in [6.45, 7) is 6.92. The van der Waals surface area contributed by atoms with E-state index in [-0.39, 0.29) is 24.1 Å². The van der Waals surface area contributed by atoms with Gasteiger partial charge in [0.05, 0.1) is 6.04 Å². The predicted molar refractivity (Wildman–Crippen MR) is 86.1 cm³/mol. The Morgan fingerprint density at radius 1 is 1.24 bits per heavy atom. The summed E-state index contributed by atoms with van der Waals surface area (Å²) in [7, 11) is 0. The Bertz CT molecular complexity index is 416. The van der Waals surface area contributed by atoms with Gasteiger partial charge in [0.2, 0.25) is 0 Å². The number of carbonyl (C=O) groups is 1. The molecule has 0 aliphatic rings. The monoisotopic (exact) mass is 292 g/mol. The first-order valence-corrected chi connectivity index (χ1v) is 7.77. The third kappa shape index (κ3) is 5.38. The number of aliphatic hydroxyl groups excluding tert-OH is 1. The molecule has 118 valence electrons. The SMILES string of the molecule is CCC(CC)(CCO)CNC(=O)N[C@@H](C)c1ccccc1. The Morgan fingerprint density at radius 2 is 1.86 bits per heavy atom. The molecule has 4 heteroatoms. The van der Waals surface area contributed by atoms with E-state index < -0.39 is 0 Å². The molecule has 21 heavy (non-hydrogen) atoms. The van der Waals surface area contributed by atoms with E-state index in [1.165, 1.54) is 0 Å². The standard InChI is InChI=1S/C17H28N2O2/c1-4-17(5-2,11-12-20)13-18-16(21)19-14(3)15-9-7-6-8-10-15/h6-10,14,20H,4-5,11-13H2,1-3H3,(H2,18,19,21)/t14-/m0/s1. The van der Waals surface area contributed by atoms with Crippen molar-refractivity contribution in [1.82, 2.24) is 10.6 Å². The van der Waals surface area contributed by atoms with Crippen LogP contribution in [0.2, 0.25) is 0 Å². The van der Waals surface area contributed by atoms with Crippen LogP contribution in [-0.2, 0) is 0 Å². The number of aliphatic hydroxyl groups is 1. The second-order valence-electron chi connectivity index (χ2n) is 5.64. The lowest BCUT2D eigenvalue weighted by Gasteiger charge is -2.31. The molecule has 0 saturated heterocycles. The van der Waals surface area contributed by atoms with Crippen LogP contribution in [0.5, 0.6) is 0 Å². The molecule has 0 unspecified atom stereocenters. The Kier molecular flexibility index (Phi) is 7.23. The van der Waals surface area contributed by atoms with Gasteiger partial charge in [-0.2, -0.15) is 0 Å². The maximum absolute atomic E-state index is 12.0. The highest BCUT2D eigenvalue weighted by Gasteiger charge is 2.26. The minimum absolute atomic E-state index is 0.0118. The smallest absolute Gasteiger partial charge is 0.315 e. The van der Waals surface area contributed by atoms with Crippen molar-refractivity contribution in [2.75, 3.05) is 13.2 Å². The van der Waals surface area contributed by atoms with Crippen molar-refractivity contribution in [3.8, 4) is 0 Å². The van der Waals surface area contributed by atoms with E-state index in [0.717, 1.165) is 18.4 Å². The maximum Gasteiger partial charge on any atom is 0.315 e. The summed E-state index contributed by atoms with van der Waals surface area (Å²) >= 11 is 0. The topological polar surface area (TPSA) is 61.4 Å². The largest absolute Gasteiger partial charge is 0.396 e. The van der Waals surface area contributed by atoms with E-state index in [1.54, 1.807) is 0 Å². The highest BCUT2D eigenvalue weighted by atomic mass is 16.3. The van der Waals surface area contributed by atoms with Crippen molar-refractivity contribution in [3.05, 3.63) is 35.9 Å². The molecule has 0 aliphatic heterocycles. The van der Waals surface area contributed by atoms with E-state index >= 15 is 0 Å². The molecule has 0 saturated carbocycles. The molecule has 3 N–H and O–H groups in total. The zero-order valence-corrected chi connectivity index (χ0v) is 13.4. The number of rotatable bonds is 8. The van der Waals surface area contributed by atoms with Crippen LogP contribution in [0.15, 0.2) is 30.3 Å². The van der Waals surface area contributed by atoms with Gasteiger partial charge >= 0.3 is 6.03 Å². The number of amides is 2. The first-order chi connectivity index (χ1) is 10.1. The van der Waals surface area contributed by atoms with Gasteiger partial charge in [0.15, 0.2) is 0 Å². The third-order valence-corrected chi connectivity index (χ3v) is 4.41. The Labute approximate surface area is 128 Å². The summed E-state index contributed by atoms with van der Waals surface area (Å²) in [5.41, 5.74) is 1.07. The molecule has 2 amide bonds. The minimum Gasteiger partial charge on any atom is -0.396 e. The van der Waals surface area contributed by atoms with Gasteiger partial charge in [-0.25, -0.2) is 4.79 Å². The molecule has 0 radical (unpaired) electrons. The first kappa shape index (κ1) is 17.5. The molecule has 1 atom stereocenters. The summed E-state index contributed by atoms with van der Waals surface area (Å²) < 4.78 is 0. The molecule has 1 aromatic rings. The second kappa shape index (κ2) is 8.67. The van der Waals surface area contributed by atoms with Crippen molar-refractivity contribution in [2.24, 2.45) is 5.41 Å². The number of carbonyl (C=O) groups excluding carboxylic acids is 1. The fraction of sp³-hybridized carbons (Fsp3) is 0.588. The summed E-state index contributed by atoms with van der Waals surface area (Å²) in [5.74, 6) is 0. The molecule has 4 nitrogen and oxygen atoms in total. The molecule has 0 fully saturated rings. The number of urea groups is 1. The van der Waals surface area contributed by atoms with Crippen LogP contribution in [0, 0.1) is 5.41 Å². The molecule has 0 heterocycles.